The summed E-state index contributed by atoms with van der Waals surface area (Å²) in [6.07, 6.45) is 9.45. The van der Waals surface area contributed by atoms with Gasteiger partial charge in [0.05, 0.1) is 25.2 Å². The van der Waals surface area contributed by atoms with Gasteiger partial charge < -0.3 is 4.90 Å². The van der Waals surface area contributed by atoms with Crippen molar-refractivity contribution in [2.24, 2.45) is 11.8 Å². The Balaban J connectivity index is 1.62. The molecule has 0 radical (unpaired) electrons. The highest BCUT2D eigenvalue weighted by Gasteiger charge is 2.53. The topological polar surface area (TPSA) is 31.5 Å². The standard InChI is InChI=1S/C17H27N3/c1-17(12-18)7-4-6-16-13-9-14(11-20(16)17)15-5-2-3-8-19(15)10-13/h13-16H,2-11H2,1H3/p+1/t13-,14-,15-,16+,17+/m0/s1. The number of nitriles is 1. The average Bonchev–Trinajstić information content (AvgIpc) is 2.49. The van der Waals surface area contributed by atoms with Crippen LogP contribution < -0.4 is 4.90 Å². The molecule has 3 nitrogen and oxygen atoms in total. The van der Waals surface area contributed by atoms with Gasteiger partial charge in [0.1, 0.15) is 5.54 Å². The van der Waals surface area contributed by atoms with Gasteiger partial charge in [-0.1, -0.05) is 0 Å². The Labute approximate surface area is 122 Å². The minimum Gasteiger partial charge on any atom is -0.332 e. The van der Waals surface area contributed by atoms with Crippen molar-refractivity contribution in [1.29, 1.82) is 5.26 Å². The predicted octanol–water partition coefficient (Wildman–Crippen LogP) is 1.21. The minimum absolute atomic E-state index is 0.175. The molecule has 0 aliphatic carbocycles. The van der Waals surface area contributed by atoms with Gasteiger partial charge in [-0.3, -0.25) is 4.90 Å². The van der Waals surface area contributed by atoms with Crippen LogP contribution in [0.3, 0.4) is 0 Å². The van der Waals surface area contributed by atoms with E-state index in [4.69, 9.17) is 0 Å². The average molecular weight is 274 g/mol. The molecular weight excluding hydrogens is 246 g/mol. The van der Waals surface area contributed by atoms with E-state index in [2.05, 4.69) is 17.9 Å². The molecule has 110 valence electrons. The summed E-state index contributed by atoms with van der Waals surface area (Å²) in [6, 6.07) is 4.28. The Morgan fingerprint density at radius 2 is 2.10 bits per heavy atom. The van der Waals surface area contributed by atoms with Crippen LogP contribution in [-0.2, 0) is 0 Å². The van der Waals surface area contributed by atoms with Crippen molar-refractivity contribution in [1.82, 2.24) is 4.90 Å². The van der Waals surface area contributed by atoms with E-state index < -0.39 is 0 Å². The number of nitrogens with zero attached hydrogens (tertiary/aromatic N) is 2. The van der Waals surface area contributed by atoms with E-state index in [0.717, 1.165) is 24.3 Å². The van der Waals surface area contributed by atoms with E-state index in [1.807, 2.05) is 4.90 Å². The number of hydrogen-bond donors (Lipinski definition) is 1. The van der Waals surface area contributed by atoms with Gasteiger partial charge in [0, 0.05) is 24.4 Å². The Morgan fingerprint density at radius 3 is 2.95 bits per heavy atom. The molecule has 0 spiro atoms. The minimum atomic E-state index is -0.175. The SMILES string of the molecule is C[C@]1(C#N)CCC[C@@H]2[C@H]3C[C@@H](CN21)[C@@H]1CCCC[NH+]1C3. The van der Waals surface area contributed by atoms with Crippen molar-refractivity contribution >= 4 is 0 Å². The summed E-state index contributed by atoms with van der Waals surface area (Å²) in [5, 5.41) is 9.69. The van der Waals surface area contributed by atoms with Gasteiger partial charge in [0.25, 0.3) is 0 Å². The second-order valence-corrected chi connectivity index (χ2v) is 7.97. The zero-order valence-electron chi connectivity index (χ0n) is 12.8. The van der Waals surface area contributed by atoms with Gasteiger partial charge in [-0.15, -0.1) is 0 Å². The second-order valence-electron chi connectivity index (χ2n) is 7.97. The van der Waals surface area contributed by atoms with E-state index in [1.54, 1.807) is 0 Å². The Hall–Kier alpha value is -0.590. The number of hydrogen-bond acceptors (Lipinski definition) is 2. The van der Waals surface area contributed by atoms with Crippen molar-refractivity contribution in [3.8, 4) is 6.07 Å². The summed E-state index contributed by atoms with van der Waals surface area (Å²) in [7, 11) is 0. The first-order chi connectivity index (χ1) is 9.71. The molecular formula is C17H28N3+. The fourth-order valence-corrected chi connectivity index (χ4v) is 5.92. The Morgan fingerprint density at radius 1 is 1.20 bits per heavy atom. The van der Waals surface area contributed by atoms with Crippen molar-refractivity contribution in [3.63, 3.8) is 0 Å². The van der Waals surface area contributed by atoms with Gasteiger partial charge in [-0.25, -0.2) is 0 Å². The summed E-state index contributed by atoms with van der Waals surface area (Å²) >= 11 is 0. The molecule has 0 saturated carbocycles. The third-order valence-electron chi connectivity index (χ3n) is 6.90. The highest BCUT2D eigenvalue weighted by Crippen LogP contribution is 2.43. The molecule has 3 heteroatoms. The van der Waals surface area contributed by atoms with Crippen molar-refractivity contribution < 1.29 is 4.90 Å². The molecule has 1 N–H and O–H groups in total. The molecule has 0 aromatic rings. The normalized spacial score (nSPS) is 51.7. The molecule has 2 bridgehead atoms. The fraction of sp³-hybridized carbons (Fsp3) is 0.941. The predicted molar refractivity (Wildman–Crippen MR) is 78.3 cm³/mol. The summed E-state index contributed by atoms with van der Waals surface area (Å²) < 4.78 is 0. The quantitative estimate of drug-likeness (QED) is 0.720. The van der Waals surface area contributed by atoms with E-state index in [9.17, 15) is 5.26 Å². The fourth-order valence-electron chi connectivity index (χ4n) is 5.92. The number of piperidine rings is 4. The van der Waals surface area contributed by atoms with Crippen LogP contribution in [0.1, 0.15) is 51.9 Å². The lowest BCUT2D eigenvalue weighted by Crippen LogP contribution is -3.19. The van der Waals surface area contributed by atoms with Crippen molar-refractivity contribution in [2.75, 3.05) is 19.6 Å². The molecule has 0 aromatic heterocycles. The zero-order valence-corrected chi connectivity index (χ0v) is 12.8. The van der Waals surface area contributed by atoms with Gasteiger partial charge in [0.15, 0.2) is 0 Å². The maximum Gasteiger partial charge on any atom is 0.106 e. The maximum atomic E-state index is 9.69. The summed E-state index contributed by atoms with van der Waals surface area (Å²) in [5.41, 5.74) is -0.175. The Kier molecular flexibility index (Phi) is 3.09. The molecule has 4 heterocycles. The molecule has 6 atom stereocenters. The summed E-state index contributed by atoms with van der Waals surface area (Å²) in [6.45, 7) is 6.22. The number of quaternary nitrogens is 1. The number of fused-ring (bicyclic) bond motifs is 6. The van der Waals surface area contributed by atoms with Crippen LogP contribution in [0.15, 0.2) is 0 Å². The molecule has 0 aromatic carbocycles. The molecule has 0 amide bonds. The maximum absolute atomic E-state index is 9.69. The molecule has 4 saturated heterocycles. The first-order valence-electron chi connectivity index (χ1n) is 8.74. The zero-order chi connectivity index (χ0) is 13.7. The summed E-state index contributed by atoms with van der Waals surface area (Å²) in [5.74, 6) is 1.73. The molecule has 4 aliphatic rings. The number of rotatable bonds is 0. The smallest absolute Gasteiger partial charge is 0.106 e. The van der Waals surface area contributed by atoms with Crippen molar-refractivity contribution in [2.45, 2.75) is 69.5 Å². The van der Waals surface area contributed by atoms with Crippen LogP contribution >= 0.6 is 0 Å². The second kappa shape index (κ2) is 4.71. The molecule has 4 rings (SSSR count). The van der Waals surface area contributed by atoms with Crippen molar-refractivity contribution in [3.05, 3.63) is 0 Å². The van der Waals surface area contributed by atoms with Gasteiger partial charge in [0.2, 0.25) is 0 Å². The Bertz CT molecular complexity index is 428. The van der Waals surface area contributed by atoms with Crippen LogP contribution in [0.25, 0.3) is 0 Å². The lowest BCUT2D eigenvalue weighted by Gasteiger charge is -2.58. The van der Waals surface area contributed by atoms with Crippen LogP contribution in [0.4, 0.5) is 0 Å². The molecule has 1 unspecified atom stereocenters. The largest absolute Gasteiger partial charge is 0.332 e. The lowest BCUT2D eigenvalue weighted by molar-refractivity contribution is -0.945. The van der Waals surface area contributed by atoms with Gasteiger partial charge in [-0.05, 0) is 51.9 Å². The monoisotopic (exact) mass is 274 g/mol. The third kappa shape index (κ3) is 1.84. The lowest BCUT2D eigenvalue weighted by atomic mass is 9.68. The summed E-state index contributed by atoms with van der Waals surface area (Å²) in [4.78, 5) is 4.56. The van der Waals surface area contributed by atoms with Crippen LogP contribution in [0.2, 0.25) is 0 Å². The first kappa shape index (κ1) is 13.1. The highest BCUT2D eigenvalue weighted by molar-refractivity contribution is 5.12. The third-order valence-corrected chi connectivity index (χ3v) is 6.90. The van der Waals surface area contributed by atoms with Crippen LogP contribution in [0, 0.1) is 23.2 Å². The molecule has 4 aliphatic heterocycles. The van der Waals surface area contributed by atoms with Crippen LogP contribution in [-0.4, -0.2) is 42.2 Å². The molecule has 4 fully saturated rings. The van der Waals surface area contributed by atoms with Gasteiger partial charge >= 0.3 is 0 Å². The number of nitrogens with one attached hydrogen (secondary N) is 1. The van der Waals surface area contributed by atoms with E-state index in [-0.39, 0.29) is 5.54 Å². The van der Waals surface area contributed by atoms with E-state index in [0.29, 0.717) is 6.04 Å². The highest BCUT2D eigenvalue weighted by atomic mass is 15.3. The van der Waals surface area contributed by atoms with E-state index in [1.165, 1.54) is 58.2 Å². The molecule has 20 heavy (non-hydrogen) atoms. The van der Waals surface area contributed by atoms with E-state index >= 15 is 0 Å². The van der Waals surface area contributed by atoms with Gasteiger partial charge in [-0.2, -0.15) is 5.26 Å². The first-order valence-corrected chi connectivity index (χ1v) is 8.74. The van der Waals surface area contributed by atoms with Crippen LogP contribution in [0.5, 0.6) is 0 Å².